The van der Waals surface area contributed by atoms with E-state index >= 15 is 0 Å². The number of methoxy groups -OCH3 is 2. The molecule has 17 heavy (non-hydrogen) atoms. The summed E-state index contributed by atoms with van der Waals surface area (Å²) in [5.74, 6) is -2.21. The molecule has 94 valence electrons. The second-order valence-corrected chi connectivity index (χ2v) is 3.96. The van der Waals surface area contributed by atoms with Crippen LogP contribution < -0.4 is 0 Å². The molecule has 0 aromatic heterocycles. The fourth-order valence-corrected chi connectivity index (χ4v) is 2.02. The molecule has 1 atom stereocenters. The Bertz CT molecular complexity index is 329. The number of rotatable bonds is 4. The molecule has 0 aromatic rings. The van der Waals surface area contributed by atoms with Gasteiger partial charge in [-0.1, -0.05) is 6.08 Å². The van der Waals surface area contributed by atoms with E-state index in [1.54, 1.807) is 6.08 Å². The number of aldehydes is 1. The summed E-state index contributed by atoms with van der Waals surface area (Å²) < 4.78 is 9.22. The summed E-state index contributed by atoms with van der Waals surface area (Å²) in [6, 6.07) is 0. The highest BCUT2D eigenvalue weighted by Gasteiger charge is 2.37. The number of hydrogen-bond donors (Lipinski definition) is 0. The van der Waals surface area contributed by atoms with E-state index in [4.69, 9.17) is 0 Å². The van der Waals surface area contributed by atoms with Gasteiger partial charge in [-0.15, -0.1) is 0 Å². The molecule has 0 N–H and O–H groups in total. The summed E-state index contributed by atoms with van der Waals surface area (Å²) in [5, 5.41) is 0. The number of esters is 2. The predicted molar refractivity (Wildman–Crippen MR) is 59.0 cm³/mol. The lowest BCUT2D eigenvalue weighted by Crippen LogP contribution is -2.34. The molecule has 0 heterocycles. The van der Waals surface area contributed by atoms with Crippen LogP contribution >= 0.6 is 0 Å². The fraction of sp³-hybridized carbons (Fsp3) is 0.583. The van der Waals surface area contributed by atoms with Crippen LogP contribution in [-0.2, 0) is 23.9 Å². The van der Waals surface area contributed by atoms with Gasteiger partial charge in [0.1, 0.15) is 6.29 Å². The number of ether oxygens (including phenoxy) is 2. The molecule has 5 nitrogen and oxygen atoms in total. The van der Waals surface area contributed by atoms with Crippen molar-refractivity contribution in [3.63, 3.8) is 0 Å². The average Bonchev–Trinajstić information content (AvgIpc) is 2.39. The van der Waals surface area contributed by atoms with Crippen molar-refractivity contribution in [3.05, 3.63) is 11.6 Å². The molecule has 1 aliphatic rings. The zero-order valence-corrected chi connectivity index (χ0v) is 9.97. The third kappa shape index (κ3) is 3.15. The van der Waals surface area contributed by atoms with Crippen molar-refractivity contribution in [1.82, 2.24) is 0 Å². The standard InChI is InChI=1S/C12H16O5/c1-16-11(14)10(12(15)17-2)9-5-3-8(7-13)4-6-9/h3,7,9-10H,4-6H2,1-2H3. The molecule has 5 heteroatoms. The maximum absolute atomic E-state index is 11.5. The Labute approximate surface area is 99.8 Å². The second kappa shape index (κ2) is 6.18. The Kier molecular flexibility index (Phi) is 4.87. The normalized spacial score (nSPS) is 19.5. The molecule has 1 aliphatic carbocycles. The molecule has 0 aromatic carbocycles. The van der Waals surface area contributed by atoms with Gasteiger partial charge in [0, 0.05) is 0 Å². The first kappa shape index (κ1) is 13.4. The van der Waals surface area contributed by atoms with Gasteiger partial charge in [0.05, 0.1) is 14.2 Å². The highest BCUT2D eigenvalue weighted by atomic mass is 16.5. The number of carbonyl (C=O) groups is 3. The first-order chi connectivity index (χ1) is 8.13. The van der Waals surface area contributed by atoms with Crippen LogP contribution in [0, 0.1) is 11.8 Å². The van der Waals surface area contributed by atoms with Gasteiger partial charge in [-0.3, -0.25) is 14.4 Å². The van der Waals surface area contributed by atoms with Gasteiger partial charge in [0.15, 0.2) is 5.92 Å². The summed E-state index contributed by atoms with van der Waals surface area (Å²) >= 11 is 0. The van der Waals surface area contributed by atoms with E-state index in [2.05, 4.69) is 9.47 Å². The van der Waals surface area contributed by atoms with Crippen LogP contribution in [0.25, 0.3) is 0 Å². The van der Waals surface area contributed by atoms with Crippen molar-refractivity contribution in [2.24, 2.45) is 11.8 Å². The van der Waals surface area contributed by atoms with Crippen molar-refractivity contribution in [2.45, 2.75) is 19.3 Å². The van der Waals surface area contributed by atoms with E-state index < -0.39 is 17.9 Å². The lowest BCUT2D eigenvalue weighted by atomic mass is 9.81. The van der Waals surface area contributed by atoms with Gasteiger partial charge in [-0.05, 0) is 30.8 Å². The van der Waals surface area contributed by atoms with E-state index in [0.717, 1.165) is 11.9 Å². The first-order valence-electron chi connectivity index (χ1n) is 5.44. The number of hydrogen-bond acceptors (Lipinski definition) is 5. The highest BCUT2D eigenvalue weighted by Crippen LogP contribution is 2.30. The van der Waals surface area contributed by atoms with Crippen molar-refractivity contribution in [2.75, 3.05) is 14.2 Å². The molecule has 0 fully saturated rings. The molecule has 0 spiro atoms. The summed E-state index contributed by atoms with van der Waals surface area (Å²) in [4.78, 5) is 33.7. The molecule has 0 radical (unpaired) electrons. The third-order valence-electron chi connectivity index (χ3n) is 3.02. The summed E-state index contributed by atoms with van der Waals surface area (Å²) in [5.41, 5.74) is 0.717. The number of carbonyl (C=O) groups excluding carboxylic acids is 3. The molecule has 0 aliphatic heterocycles. The van der Waals surface area contributed by atoms with Crippen LogP contribution in [-0.4, -0.2) is 32.4 Å². The SMILES string of the molecule is COC(=O)C(C(=O)OC)C1CC=C(C=O)CC1. The molecule has 0 saturated heterocycles. The number of allylic oxidation sites excluding steroid dienone is 2. The second-order valence-electron chi connectivity index (χ2n) is 3.96. The van der Waals surface area contributed by atoms with Gasteiger partial charge in [0.2, 0.25) is 0 Å². The molecule has 0 bridgehead atoms. The minimum absolute atomic E-state index is 0.154. The molecule has 1 unspecified atom stereocenters. The van der Waals surface area contributed by atoms with Crippen LogP contribution in [0.1, 0.15) is 19.3 Å². The molecular weight excluding hydrogens is 224 g/mol. The minimum Gasteiger partial charge on any atom is -0.468 e. The van der Waals surface area contributed by atoms with Gasteiger partial charge in [-0.2, -0.15) is 0 Å². The summed E-state index contributed by atoms with van der Waals surface area (Å²) in [6.07, 6.45) is 4.28. The van der Waals surface area contributed by atoms with E-state index in [1.165, 1.54) is 14.2 Å². The van der Waals surface area contributed by atoms with Gasteiger partial charge >= 0.3 is 11.9 Å². The van der Waals surface area contributed by atoms with E-state index in [9.17, 15) is 14.4 Å². The average molecular weight is 240 g/mol. The van der Waals surface area contributed by atoms with Gasteiger partial charge in [-0.25, -0.2) is 0 Å². The summed E-state index contributed by atoms with van der Waals surface area (Å²) in [7, 11) is 2.49. The van der Waals surface area contributed by atoms with Crippen LogP contribution in [0.3, 0.4) is 0 Å². The highest BCUT2D eigenvalue weighted by molar-refractivity contribution is 5.95. The minimum atomic E-state index is -0.894. The molecular formula is C12H16O5. The zero-order chi connectivity index (χ0) is 12.8. The van der Waals surface area contributed by atoms with E-state index in [0.29, 0.717) is 19.3 Å². The van der Waals surface area contributed by atoms with Crippen molar-refractivity contribution >= 4 is 18.2 Å². The lowest BCUT2D eigenvalue weighted by Gasteiger charge is -2.25. The van der Waals surface area contributed by atoms with Crippen molar-refractivity contribution in [3.8, 4) is 0 Å². The fourth-order valence-electron chi connectivity index (χ4n) is 2.02. The van der Waals surface area contributed by atoms with Crippen LogP contribution in [0.15, 0.2) is 11.6 Å². The molecule has 0 saturated carbocycles. The molecule has 0 amide bonds. The van der Waals surface area contributed by atoms with Gasteiger partial charge < -0.3 is 9.47 Å². The third-order valence-corrected chi connectivity index (χ3v) is 3.02. The Morgan fingerprint density at radius 1 is 1.35 bits per heavy atom. The monoisotopic (exact) mass is 240 g/mol. The Morgan fingerprint density at radius 3 is 2.29 bits per heavy atom. The Morgan fingerprint density at radius 2 is 1.94 bits per heavy atom. The largest absolute Gasteiger partial charge is 0.468 e. The van der Waals surface area contributed by atoms with E-state index in [-0.39, 0.29) is 5.92 Å². The topological polar surface area (TPSA) is 69.7 Å². The predicted octanol–water partition coefficient (Wildman–Crippen LogP) is 0.874. The van der Waals surface area contributed by atoms with Crippen molar-refractivity contribution < 1.29 is 23.9 Å². The van der Waals surface area contributed by atoms with Crippen LogP contribution in [0.5, 0.6) is 0 Å². The maximum atomic E-state index is 11.5. The smallest absolute Gasteiger partial charge is 0.320 e. The Hall–Kier alpha value is -1.65. The first-order valence-corrected chi connectivity index (χ1v) is 5.44. The van der Waals surface area contributed by atoms with E-state index in [1.807, 2.05) is 0 Å². The van der Waals surface area contributed by atoms with Crippen LogP contribution in [0.4, 0.5) is 0 Å². The zero-order valence-electron chi connectivity index (χ0n) is 9.97. The van der Waals surface area contributed by atoms with Crippen molar-refractivity contribution in [1.29, 1.82) is 0 Å². The molecule has 1 rings (SSSR count). The van der Waals surface area contributed by atoms with Gasteiger partial charge in [0.25, 0.3) is 0 Å². The Balaban J connectivity index is 2.79. The summed E-state index contributed by atoms with van der Waals surface area (Å²) in [6.45, 7) is 0. The van der Waals surface area contributed by atoms with Crippen LogP contribution in [0.2, 0.25) is 0 Å². The maximum Gasteiger partial charge on any atom is 0.320 e. The lowest BCUT2D eigenvalue weighted by molar-refractivity contribution is -0.161. The quantitative estimate of drug-likeness (QED) is 0.414.